The maximum Gasteiger partial charge on any atom is 0.258 e. The first-order chi connectivity index (χ1) is 12.1. The van der Waals surface area contributed by atoms with Gasteiger partial charge >= 0.3 is 0 Å². The Kier molecular flexibility index (Phi) is 3.65. The van der Waals surface area contributed by atoms with Gasteiger partial charge in [-0.1, -0.05) is 17.7 Å². The van der Waals surface area contributed by atoms with E-state index in [1.54, 1.807) is 7.11 Å². The second kappa shape index (κ2) is 5.86. The van der Waals surface area contributed by atoms with Gasteiger partial charge in [-0.15, -0.1) is 10.2 Å². The van der Waals surface area contributed by atoms with Crippen LogP contribution in [0.15, 0.2) is 36.4 Å². The van der Waals surface area contributed by atoms with Crippen LogP contribution >= 0.6 is 11.6 Å². The van der Waals surface area contributed by atoms with E-state index in [1.807, 2.05) is 59.7 Å². The highest BCUT2D eigenvalue weighted by Crippen LogP contribution is 2.31. The highest BCUT2D eigenvalue weighted by Gasteiger charge is 2.17. The van der Waals surface area contributed by atoms with Crippen molar-refractivity contribution in [3.05, 3.63) is 47.2 Å². The molecule has 25 heavy (non-hydrogen) atoms. The normalized spacial score (nSPS) is 11.2. The van der Waals surface area contributed by atoms with Gasteiger partial charge in [0.05, 0.1) is 12.5 Å². The summed E-state index contributed by atoms with van der Waals surface area (Å²) in [5.74, 6) is 2.43. The van der Waals surface area contributed by atoms with Gasteiger partial charge in [0, 0.05) is 23.8 Å². The predicted octanol–water partition coefficient (Wildman–Crippen LogP) is 3.41. The number of nitrogens with zero attached hydrogens (tertiary/aromatic N) is 6. The molecule has 7 nitrogen and oxygen atoms in total. The van der Waals surface area contributed by atoms with E-state index in [0.29, 0.717) is 34.0 Å². The molecular weight excluding hydrogens is 340 g/mol. The molecule has 3 heterocycles. The first-order valence-corrected chi connectivity index (χ1v) is 8.02. The van der Waals surface area contributed by atoms with Crippen molar-refractivity contribution in [3.63, 3.8) is 0 Å². The van der Waals surface area contributed by atoms with Crippen molar-refractivity contribution in [1.29, 1.82) is 0 Å². The minimum absolute atomic E-state index is 0.481. The van der Waals surface area contributed by atoms with Crippen LogP contribution in [0.25, 0.3) is 16.8 Å². The van der Waals surface area contributed by atoms with Gasteiger partial charge in [0.1, 0.15) is 11.6 Å². The minimum atomic E-state index is 0.481. The Labute approximate surface area is 148 Å². The van der Waals surface area contributed by atoms with Gasteiger partial charge in [-0.3, -0.25) is 0 Å². The highest BCUT2D eigenvalue weighted by molar-refractivity contribution is 6.30. The summed E-state index contributed by atoms with van der Waals surface area (Å²) in [6.07, 6.45) is 0. The summed E-state index contributed by atoms with van der Waals surface area (Å²) in [7, 11) is 3.52. The van der Waals surface area contributed by atoms with Crippen molar-refractivity contribution < 1.29 is 4.74 Å². The van der Waals surface area contributed by atoms with E-state index < -0.39 is 0 Å². The van der Waals surface area contributed by atoms with Crippen LogP contribution in [0, 0.1) is 6.92 Å². The molecule has 0 saturated carbocycles. The summed E-state index contributed by atoms with van der Waals surface area (Å²) in [6.45, 7) is 1.86. The summed E-state index contributed by atoms with van der Waals surface area (Å²) in [4.78, 5) is 11.2. The number of aryl methyl sites for hydroxylation is 1. The fraction of sp³-hybridized carbons (Fsp3) is 0.176. The van der Waals surface area contributed by atoms with E-state index in [-0.39, 0.29) is 0 Å². The SMILES string of the molecule is COc1ccc2c(N(C)c3cccc(Cl)c3)nc3nnc(C)n3c2n1. The minimum Gasteiger partial charge on any atom is -0.481 e. The molecule has 8 heteroatoms. The van der Waals surface area contributed by atoms with Crippen molar-refractivity contribution in [1.82, 2.24) is 24.6 Å². The fourth-order valence-corrected chi connectivity index (χ4v) is 2.96. The van der Waals surface area contributed by atoms with Crippen molar-refractivity contribution in [2.75, 3.05) is 19.1 Å². The van der Waals surface area contributed by atoms with Crippen molar-refractivity contribution in [3.8, 4) is 5.88 Å². The monoisotopic (exact) mass is 354 g/mol. The molecule has 1 aromatic carbocycles. The van der Waals surface area contributed by atoms with Gasteiger partial charge in [0.2, 0.25) is 5.88 Å². The lowest BCUT2D eigenvalue weighted by Crippen LogP contribution is -2.13. The number of aromatic nitrogens is 5. The van der Waals surface area contributed by atoms with Gasteiger partial charge < -0.3 is 9.64 Å². The van der Waals surface area contributed by atoms with Crippen LogP contribution in [-0.2, 0) is 0 Å². The quantitative estimate of drug-likeness (QED) is 0.561. The molecule has 0 aliphatic heterocycles. The van der Waals surface area contributed by atoms with Crippen LogP contribution in [0.2, 0.25) is 5.02 Å². The predicted molar refractivity (Wildman–Crippen MR) is 96.9 cm³/mol. The summed E-state index contributed by atoms with van der Waals surface area (Å²) >= 11 is 6.13. The number of methoxy groups -OCH3 is 1. The lowest BCUT2D eigenvalue weighted by atomic mass is 10.2. The molecule has 3 aromatic heterocycles. The summed E-state index contributed by atoms with van der Waals surface area (Å²) in [5, 5.41) is 9.79. The fourth-order valence-electron chi connectivity index (χ4n) is 2.78. The molecule has 0 spiro atoms. The number of pyridine rings is 1. The summed E-state index contributed by atoms with van der Waals surface area (Å²) < 4.78 is 7.08. The van der Waals surface area contributed by atoms with Crippen LogP contribution in [0.1, 0.15) is 5.82 Å². The van der Waals surface area contributed by atoms with E-state index in [9.17, 15) is 0 Å². The molecule has 0 radical (unpaired) electrons. The number of benzene rings is 1. The molecular formula is C17H15ClN6O. The maximum absolute atomic E-state index is 6.13. The first-order valence-electron chi connectivity index (χ1n) is 7.64. The third-order valence-corrected chi connectivity index (χ3v) is 4.27. The molecule has 0 N–H and O–H groups in total. The topological polar surface area (TPSA) is 68.4 Å². The molecule has 0 aliphatic rings. The van der Waals surface area contributed by atoms with Gasteiger partial charge in [0.25, 0.3) is 5.78 Å². The molecule has 0 fully saturated rings. The van der Waals surface area contributed by atoms with Crippen LogP contribution in [0.5, 0.6) is 5.88 Å². The Morgan fingerprint density at radius 2 is 1.96 bits per heavy atom. The average molecular weight is 355 g/mol. The van der Waals surface area contributed by atoms with E-state index in [2.05, 4.69) is 20.2 Å². The Balaban J connectivity index is 2.02. The van der Waals surface area contributed by atoms with E-state index in [0.717, 1.165) is 11.1 Å². The molecule has 0 unspecified atom stereocenters. The standard InChI is InChI=1S/C17H15ClN6O/c1-10-21-22-17-20-15(23(2)12-6-4-5-11(18)9-12)13-7-8-14(25-3)19-16(13)24(10)17/h4-9H,1-3H3. The average Bonchev–Trinajstić information content (AvgIpc) is 3.01. The largest absolute Gasteiger partial charge is 0.481 e. The smallest absolute Gasteiger partial charge is 0.258 e. The van der Waals surface area contributed by atoms with Gasteiger partial charge in [-0.05, 0) is 31.2 Å². The number of halogens is 1. The molecule has 0 bridgehead atoms. The second-order valence-electron chi connectivity index (χ2n) is 5.58. The summed E-state index contributed by atoms with van der Waals surface area (Å²) in [6, 6.07) is 11.3. The number of ether oxygens (including phenoxy) is 1. The second-order valence-corrected chi connectivity index (χ2v) is 6.02. The lowest BCUT2D eigenvalue weighted by Gasteiger charge is -2.20. The molecule has 4 rings (SSSR count). The Bertz CT molecular complexity index is 1090. The molecule has 0 amide bonds. The molecule has 0 saturated heterocycles. The van der Waals surface area contributed by atoms with Crippen LogP contribution in [0.3, 0.4) is 0 Å². The third kappa shape index (κ3) is 2.53. The van der Waals surface area contributed by atoms with Gasteiger partial charge in [0.15, 0.2) is 5.65 Å². The Morgan fingerprint density at radius 1 is 1.12 bits per heavy atom. The first kappa shape index (κ1) is 15.6. The molecule has 126 valence electrons. The summed E-state index contributed by atoms with van der Waals surface area (Å²) in [5.41, 5.74) is 1.61. The third-order valence-electron chi connectivity index (χ3n) is 4.04. The van der Waals surface area contributed by atoms with Crippen molar-refractivity contribution in [2.45, 2.75) is 6.92 Å². The maximum atomic E-state index is 6.13. The highest BCUT2D eigenvalue weighted by atomic mass is 35.5. The van der Waals surface area contributed by atoms with Crippen LogP contribution < -0.4 is 9.64 Å². The van der Waals surface area contributed by atoms with Crippen molar-refractivity contribution >= 4 is 39.9 Å². The van der Waals surface area contributed by atoms with E-state index in [4.69, 9.17) is 16.3 Å². The Hall–Kier alpha value is -2.93. The number of hydrogen-bond acceptors (Lipinski definition) is 6. The zero-order valence-electron chi connectivity index (χ0n) is 13.9. The Morgan fingerprint density at radius 3 is 2.72 bits per heavy atom. The molecule has 0 atom stereocenters. The molecule has 4 aromatic rings. The lowest BCUT2D eigenvalue weighted by molar-refractivity contribution is 0.399. The van der Waals surface area contributed by atoms with Crippen LogP contribution in [0.4, 0.5) is 11.5 Å². The van der Waals surface area contributed by atoms with E-state index in [1.165, 1.54) is 0 Å². The number of fused-ring (bicyclic) bond motifs is 3. The number of anilines is 2. The van der Waals surface area contributed by atoms with Gasteiger partial charge in [-0.25, -0.2) is 4.40 Å². The van der Waals surface area contributed by atoms with Crippen molar-refractivity contribution in [2.24, 2.45) is 0 Å². The zero-order valence-corrected chi connectivity index (χ0v) is 14.7. The zero-order chi connectivity index (χ0) is 17.6. The van der Waals surface area contributed by atoms with Crippen LogP contribution in [-0.4, -0.2) is 38.7 Å². The van der Waals surface area contributed by atoms with Gasteiger partial charge in [-0.2, -0.15) is 9.97 Å². The number of rotatable bonds is 3. The molecule has 0 aliphatic carbocycles. The number of hydrogen-bond donors (Lipinski definition) is 0. The van der Waals surface area contributed by atoms with E-state index >= 15 is 0 Å².